The van der Waals surface area contributed by atoms with E-state index in [4.69, 9.17) is 4.52 Å². The minimum absolute atomic E-state index is 0.0263. The molecular formula is C19H20N2O2S. The number of rotatable bonds is 7. The first-order valence-corrected chi connectivity index (χ1v) is 8.91. The zero-order chi connectivity index (χ0) is 16.8. The van der Waals surface area contributed by atoms with Gasteiger partial charge in [0.2, 0.25) is 5.91 Å². The van der Waals surface area contributed by atoms with Crippen molar-refractivity contribution in [2.75, 3.05) is 0 Å². The average molecular weight is 340 g/mol. The molecule has 1 unspecified atom stereocenters. The van der Waals surface area contributed by atoms with Crippen LogP contribution in [0, 0.1) is 0 Å². The van der Waals surface area contributed by atoms with Crippen LogP contribution in [0.25, 0.3) is 10.6 Å². The minimum Gasteiger partial charge on any atom is -0.355 e. The molecule has 1 aromatic carbocycles. The van der Waals surface area contributed by atoms with Crippen molar-refractivity contribution in [1.82, 2.24) is 10.5 Å². The van der Waals surface area contributed by atoms with Crippen molar-refractivity contribution in [3.63, 3.8) is 0 Å². The van der Waals surface area contributed by atoms with Gasteiger partial charge >= 0.3 is 0 Å². The molecule has 1 amide bonds. The number of amides is 1. The Morgan fingerprint density at radius 1 is 1.25 bits per heavy atom. The highest BCUT2D eigenvalue weighted by Gasteiger charge is 2.13. The molecule has 0 saturated heterocycles. The second kappa shape index (κ2) is 7.93. The lowest BCUT2D eigenvalue weighted by atomic mass is 10.1. The lowest BCUT2D eigenvalue weighted by molar-refractivity contribution is -0.121. The van der Waals surface area contributed by atoms with Gasteiger partial charge in [-0.25, -0.2) is 0 Å². The van der Waals surface area contributed by atoms with Gasteiger partial charge in [-0.1, -0.05) is 41.6 Å². The predicted octanol–water partition coefficient (Wildman–Crippen LogP) is 4.08. The Hall–Kier alpha value is -2.40. The summed E-state index contributed by atoms with van der Waals surface area (Å²) in [6, 6.07) is 16.2. The van der Waals surface area contributed by atoms with Crippen molar-refractivity contribution in [3.8, 4) is 10.6 Å². The third-order valence-corrected chi connectivity index (χ3v) is 4.67. The monoisotopic (exact) mass is 340 g/mol. The third-order valence-electron chi connectivity index (χ3n) is 3.78. The third kappa shape index (κ3) is 4.55. The fraction of sp³-hybridized carbons (Fsp3) is 0.263. The molecule has 0 aliphatic carbocycles. The molecular weight excluding hydrogens is 320 g/mol. The van der Waals surface area contributed by atoms with Crippen molar-refractivity contribution in [2.45, 2.75) is 32.2 Å². The molecule has 24 heavy (non-hydrogen) atoms. The Bertz CT molecular complexity index is 766. The van der Waals surface area contributed by atoms with Gasteiger partial charge in [-0.15, -0.1) is 11.3 Å². The van der Waals surface area contributed by atoms with Crippen molar-refractivity contribution < 1.29 is 9.32 Å². The minimum atomic E-state index is -0.0263. The van der Waals surface area contributed by atoms with Crippen LogP contribution < -0.4 is 5.32 Å². The molecule has 0 radical (unpaired) electrons. The molecule has 1 N–H and O–H groups in total. The fourth-order valence-corrected chi connectivity index (χ4v) is 3.19. The number of carbonyl (C=O) groups is 1. The molecule has 0 saturated carbocycles. The second-order valence-electron chi connectivity index (χ2n) is 5.83. The van der Waals surface area contributed by atoms with Crippen LogP contribution in [-0.2, 0) is 17.6 Å². The number of aromatic nitrogens is 1. The lowest BCUT2D eigenvalue weighted by Gasteiger charge is -2.13. The highest BCUT2D eigenvalue weighted by atomic mass is 32.1. The number of thiophene rings is 1. The molecule has 0 spiro atoms. The maximum Gasteiger partial charge on any atom is 0.226 e. The van der Waals surface area contributed by atoms with E-state index in [2.05, 4.69) is 22.6 Å². The van der Waals surface area contributed by atoms with Gasteiger partial charge in [-0.2, -0.15) is 0 Å². The van der Waals surface area contributed by atoms with E-state index < -0.39 is 0 Å². The molecule has 0 fully saturated rings. The summed E-state index contributed by atoms with van der Waals surface area (Å²) < 4.78 is 5.30. The number of aryl methyl sites for hydroxylation is 1. The van der Waals surface area contributed by atoms with Crippen molar-refractivity contribution >= 4 is 17.2 Å². The zero-order valence-electron chi connectivity index (χ0n) is 13.6. The van der Waals surface area contributed by atoms with Crippen molar-refractivity contribution in [1.29, 1.82) is 0 Å². The quantitative estimate of drug-likeness (QED) is 0.705. The number of nitrogens with one attached hydrogen (secondary N) is 1. The molecule has 3 aromatic rings. The molecule has 5 heteroatoms. The number of hydrogen-bond acceptors (Lipinski definition) is 4. The van der Waals surface area contributed by atoms with Crippen LogP contribution >= 0.6 is 11.3 Å². The second-order valence-corrected chi connectivity index (χ2v) is 6.78. The van der Waals surface area contributed by atoms with Crippen LogP contribution in [0.2, 0.25) is 0 Å². The predicted molar refractivity (Wildman–Crippen MR) is 95.9 cm³/mol. The standard InChI is InChI=1S/C19H20N2O2S/c1-14(9-10-15-6-3-2-4-7-15)20-19(22)13-16-12-17(23-21-16)18-8-5-11-24-18/h2-8,11-12,14H,9-10,13H2,1H3,(H,20,22). The summed E-state index contributed by atoms with van der Waals surface area (Å²) in [7, 11) is 0. The number of hydrogen-bond donors (Lipinski definition) is 1. The molecule has 3 rings (SSSR count). The van der Waals surface area contributed by atoms with Crippen LogP contribution in [0.4, 0.5) is 0 Å². The molecule has 0 bridgehead atoms. The van der Waals surface area contributed by atoms with E-state index in [0.717, 1.165) is 17.7 Å². The van der Waals surface area contributed by atoms with E-state index in [-0.39, 0.29) is 18.4 Å². The normalized spacial score (nSPS) is 12.0. The summed E-state index contributed by atoms with van der Waals surface area (Å²) >= 11 is 1.59. The fourth-order valence-electron chi connectivity index (χ4n) is 2.52. The molecule has 0 aliphatic rings. The maximum atomic E-state index is 12.1. The largest absolute Gasteiger partial charge is 0.355 e. The van der Waals surface area contributed by atoms with Gasteiger partial charge in [-0.3, -0.25) is 4.79 Å². The van der Waals surface area contributed by atoms with E-state index in [1.165, 1.54) is 5.56 Å². The van der Waals surface area contributed by atoms with E-state index in [1.807, 2.05) is 48.7 Å². The molecule has 124 valence electrons. The summed E-state index contributed by atoms with van der Waals surface area (Å²) in [5, 5.41) is 8.99. The van der Waals surface area contributed by atoms with Crippen LogP contribution in [0.1, 0.15) is 24.6 Å². The summed E-state index contributed by atoms with van der Waals surface area (Å²) in [5.74, 6) is 0.687. The van der Waals surface area contributed by atoms with E-state index in [1.54, 1.807) is 11.3 Å². The van der Waals surface area contributed by atoms with E-state index >= 15 is 0 Å². The lowest BCUT2D eigenvalue weighted by Crippen LogP contribution is -2.34. The zero-order valence-corrected chi connectivity index (χ0v) is 14.4. The topological polar surface area (TPSA) is 55.1 Å². The highest BCUT2D eigenvalue weighted by molar-refractivity contribution is 7.13. The summed E-state index contributed by atoms with van der Waals surface area (Å²) in [6.45, 7) is 2.03. The van der Waals surface area contributed by atoms with Gasteiger partial charge < -0.3 is 9.84 Å². The van der Waals surface area contributed by atoms with Crippen LogP contribution in [0.3, 0.4) is 0 Å². The Balaban J connectivity index is 1.47. The average Bonchev–Trinajstić information content (AvgIpc) is 3.25. The van der Waals surface area contributed by atoms with Gasteiger partial charge in [0.15, 0.2) is 5.76 Å². The molecule has 1 atom stereocenters. The van der Waals surface area contributed by atoms with E-state index in [0.29, 0.717) is 11.5 Å². The first kappa shape index (κ1) is 16.5. The first-order valence-electron chi connectivity index (χ1n) is 8.03. The Morgan fingerprint density at radius 2 is 2.08 bits per heavy atom. The van der Waals surface area contributed by atoms with Gasteiger partial charge in [0.25, 0.3) is 0 Å². The van der Waals surface area contributed by atoms with Gasteiger partial charge in [0.05, 0.1) is 17.0 Å². The number of carbonyl (C=O) groups excluding carboxylic acids is 1. The van der Waals surface area contributed by atoms with Gasteiger partial charge in [-0.05, 0) is 36.8 Å². The number of benzene rings is 1. The summed E-state index contributed by atoms with van der Waals surface area (Å²) in [5.41, 5.74) is 1.95. The van der Waals surface area contributed by atoms with Gasteiger partial charge in [0, 0.05) is 12.1 Å². The summed E-state index contributed by atoms with van der Waals surface area (Å²) in [4.78, 5) is 13.2. The Labute approximate surface area is 145 Å². The van der Waals surface area contributed by atoms with Gasteiger partial charge in [0.1, 0.15) is 0 Å². The first-order chi connectivity index (χ1) is 11.7. The molecule has 4 nitrogen and oxygen atoms in total. The molecule has 2 aromatic heterocycles. The van der Waals surface area contributed by atoms with Crippen LogP contribution in [0.5, 0.6) is 0 Å². The highest BCUT2D eigenvalue weighted by Crippen LogP contribution is 2.25. The smallest absolute Gasteiger partial charge is 0.226 e. The molecule has 0 aliphatic heterocycles. The molecule has 2 heterocycles. The van der Waals surface area contributed by atoms with Crippen LogP contribution in [0.15, 0.2) is 58.4 Å². The van der Waals surface area contributed by atoms with E-state index in [9.17, 15) is 4.79 Å². The maximum absolute atomic E-state index is 12.1. The van der Waals surface area contributed by atoms with Crippen molar-refractivity contribution in [3.05, 3.63) is 65.2 Å². The SMILES string of the molecule is CC(CCc1ccccc1)NC(=O)Cc1cc(-c2cccs2)on1. The Kier molecular flexibility index (Phi) is 5.43. The van der Waals surface area contributed by atoms with Crippen molar-refractivity contribution in [2.24, 2.45) is 0 Å². The Morgan fingerprint density at radius 3 is 2.83 bits per heavy atom. The van der Waals surface area contributed by atoms with Crippen LogP contribution in [-0.4, -0.2) is 17.1 Å². The summed E-state index contributed by atoms with van der Waals surface area (Å²) in [6.07, 6.45) is 2.11. The number of nitrogens with zero attached hydrogens (tertiary/aromatic N) is 1.